The lowest BCUT2D eigenvalue weighted by Gasteiger charge is -2.28. The summed E-state index contributed by atoms with van der Waals surface area (Å²) in [7, 11) is 0. The van der Waals surface area contributed by atoms with Crippen LogP contribution < -0.4 is 4.90 Å². The highest BCUT2D eigenvalue weighted by molar-refractivity contribution is 6.33. The lowest BCUT2D eigenvalue weighted by atomic mass is 9.82. The van der Waals surface area contributed by atoms with Crippen LogP contribution in [0.3, 0.4) is 0 Å². The Morgan fingerprint density at radius 1 is 1.39 bits per heavy atom. The monoisotopic (exact) mass is 265 g/mol. The molecule has 0 unspecified atom stereocenters. The molecule has 1 aromatic carbocycles. The van der Waals surface area contributed by atoms with Gasteiger partial charge in [-0.15, -0.1) is 0 Å². The third kappa shape index (κ3) is 2.26. The number of anilines is 1. The number of nitrogens with zero attached hydrogens (tertiary/aromatic N) is 1. The molecule has 2 nitrogen and oxygen atoms in total. The van der Waals surface area contributed by atoms with E-state index < -0.39 is 0 Å². The highest BCUT2D eigenvalue weighted by Crippen LogP contribution is 2.41. The molecular formula is C15H20ClNO. The van der Waals surface area contributed by atoms with E-state index >= 15 is 0 Å². The number of rotatable bonds is 4. The van der Waals surface area contributed by atoms with Crippen LogP contribution in [0.5, 0.6) is 0 Å². The van der Waals surface area contributed by atoms with Gasteiger partial charge >= 0.3 is 0 Å². The van der Waals surface area contributed by atoms with E-state index in [-0.39, 0.29) is 0 Å². The predicted molar refractivity (Wildman–Crippen MR) is 76.7 cm³/mol. The van der Waals surface area contributed by atoms with Gasteiger partial charge in [0.05, 0.1) is 10.7 Å². The maximum Gasteiger partial charge on any atom is 0.152 e. The zero-order valence-electron chi connectivity index (χ0n) is 11.1. The van der Waals surface area contributed by atoms with Gasteiger partial charge in [0.15, 0.2) is 6.29 Å². The average molecular weight is 266 g/mol. The summed E-state index contributed by atoms with van der Waals surface area (Å²) < 4.78 is 0. The van der Waals surface area contributed by atoms with Gasteiger partial charge < -0.3 is 4.90 Å². The molecule has 0 aromatic heterocycles. The molecule has 0 atom stereocenters. The zero-order chi connectivity index (χ0) is 13.2. The van der Waals surface area contributed by atoms with Crippen molar-refractivity contribution < 1.29 is 4.79 Å². The molecule has 0 radical (unpaired) electrons. The molecule has 0 aliphatic carbocycles. The molecule has 1 aromatic rings. The van der Waals surface area contributed by atoms with Crippen LogP contribution in [-0.4, -0.2) is 19.4 Å². The second-order valence-corrected chi connectivity index (χ2v) is 5.58. The van der Waals surface area contributed by atoms with E-state index in [0.29, 0.717) is 16.0 Å². The zero-order valence-corrected chi connectivity index (χ0v) is 11.8. The Bertz CT molecular complexity index is 440. The molecular weight excluding hydrogens is 246 g/mol. The molecule has 1 aliphatic heterocycles. The Labute approximate surface area is 114 Å². The number of hydrogen-bond acceptors (Lipinski definition) is 2. The van der Waals surface area contributed by atoms with Crippen molar-refractivity contribution in [3.8, 4) is 0 Å². The molecule has 1 fully saturated rings. The highest BCUT2D eigenvalue weighted by atomic mass is 35.5. The van der Waals surface area contributed by atoms with Gasteiger partial charge in [-0.25, -0.2) is 0 Å². The molecule has 0 saturated carbocycles. The minimum Gasteiger partial charge on any atom is -0.369 e. The molecule has 18 heavy (non-hydrogen) atoms. The normalized spacial score (nSPS) is 18.1. The SMILES string of the molecule is CCC1(CC)CCN(c2c(Cl)cccc2C=O)C1. The van der Waals surface area contributed by atoms with Crippen LogP contribution in [0.15, 0.2) is 18.2 Å². The van der Waals surface area contributed by atoms with E-state index in [1.54, 1.807) is 0 Å². The van der Waals surface area contributed by atoms with Crippen LogP contribution in [0.2, 0.25) is 5.02 Å². The third-order valence-corrected chi connectivity index (χ3v) is 4.70. The van der Waals surface area contributed by atoms with Gasteiger partial charge in [-0.2, -0.15) is 0 Å². The fourth-order valence-corrected chi connectivity index (χ4v) is 3.22. The molecule has 2 rings (SSSR count). The van der Waals surface area contributed by atoms with E-state index in [1.807, 2.05) is 18.2 Å². The third-order valence-electron chi connectivity index (χ3n) is 4.40. The summed E-state index contributed by atoms with van der Waals surface area (Å²) in [6, 6.07) is 5.53. The molecule has 1 saturated heterocycles. The molecule has 1 heterocycles. The van der Waals surface area contributed by atoms with Crippen molar-refractivity contribution in [2.75, 3.05) is 18.0 Å². The van der Waals surface area contributed by atoms with Gasteiger partial charge in [0.1, 0.15) is 0 Å². The number of hydrogen-bond donors (Lipinski definition) is 0. The maximum atomic E-state index is 11.2. The van der Waals surface area contributed by atoms with Crippen LogP contribution in [-0.2, 0) is 0 Å². The first kappa shape index (κ1) is 13.4. The van der Waals surface area contributed by atoms with Crippen molar-refractivity contribution in [3.63, 3.8) is 0 Å². The van der Waals surface area contributed by atoms with Crippen LogP contribution in [0.4, 0.5) is 5.69 Å². The maximum absolute atomic E-state index is 11.2. The summed E-state index contributed by atoms with van der Waals surface area (Å²) in [5, 5.41) is 0.683. The first-order chi connectivity index (χ1) is 8.65. The van der Waals surface area contributed by atoms with Crippen molar-refractivity contribution in [3.05, 3.63) is 28.8 Å². The Morgan fingerprint density at radius 2 is 2.11 bits per heavy atom. The summed E-state index contributed by atoms with van der Waals surface area (Å²) in [6.45, 7) is 6.50. The van der Waals surface area contributed by atoms with Gasteiger partial charge in [-0.05, 0) is 36.8 Å². The molecule has 3 heteroatoms. The Balaban J connectivity index is 2.32. The van der Waals surface area contributed by atoms with E-state index in [9.17, 15) is 4.79 Å². The van der Waals surface area contributed by atoms with Gasteiger partial charge in [-0.3, -0.25) is 4.79 Å². The molecule has 0 spiro atoms. The predicted octanol–water partition coefficient (Wildman–Crippen LogP) is 4.17. The number of carbonyl (C=O) groups excluding carboxylic acids is 1. The smallest absolute Gasteiger partial charge is 0.152 e. The molecule has 0 bridgehead atoms. The standard InChI is InChI=1S/C15H20ClNO/c1-3-15(4-2)8-9-17(11-15)14-12(10-18)6-5-7-13(14)16/h5-7,10H,3-4,8-9,11H2,1-2H3. The fraction of sp³-hybridized carbons (Fsp3) is 0.533. The van der Waals surface area contributed by atoms with Gasteiger partial charge in [0.25, 0.3) is 0 Å². The first-order valence-corrected chi connectivity index (χ1v) is 7.02. The number of aldehydes is 1. The first-order valence-electron chi connectivity index (χ1n) is 6.64. The lowest BCUT2D eigenvalue weighted by Crippen LogP contribution is -2.27. The minimum atomic E-state index is 0.388. The highest BCUT2D eigenvalue weighted by Gasteiger charge is 2.36. The number of para-hydroxylation sites is 1. The second kappa shape index (κ2) is 5.31. The van der Waals surface area contributed by atoms with Crippen molar-refractivity contribution in [1.29, 1.82) is 0 Å². The van der Waals surface area contributed by atoms with E-state index in [4.69, 9.17) is 11.6 Å². The molecule has 0 amide bonds. The lowest BCUT2D eigenvalue weighted by molar-refractivity contribution is 0.112. The molecule has 1 aliphatic rings. The Hall–Kier alpha value is -1.02. The van der Waals surface area contributed by atoms with Gasteiger partial charge in [-0.1, -0.05) is 31.5 Å². The van der Waals surface area contributed by atoms with Crippen molar-refractivity contribution in [2.45, 2.75) is 33.1 Å². The van der Waals surface area contributed by atoms with Crippen molar-refractivity contribution >= 4 is 23.6 Å². The van der Waals surface area contributed by atoms with Crippen LogP contribution in [0.25, 0.3) is 0 Å². The topological polar surface area (TPSA) is 20.3 Å². The average Bonchev–Trinajstić information content (AvgIpc) is 2.83. The van der Waals surface area contributed by atoms with E-state index in [0.717, 1.165) is 25.1 Å². The van der Waals surface area contributed by atoms with Crippen LogP contribution in [0.1, 0.15) is 43.5 Å². The Kier molecular flexibility index (Phi) is 3.96. The number of benzene rings is 1. The van der Waals surface area contributed by atoms with Gasteiger partial charge in [0.2, 0.25) is 0 Å². The summed E-state index contributed by atoms with van der Waals surface area (Å²) in [4.78, 5) is 13.4. The van der Waals surface area contributed by atoms with Crippen molar-refractivity contribution in [1.82, 2.24) is 0 Å². The fourth-order valence-electron chi connectivity index (χ4n) is 2.91. The van der Waals surface area contributed by atoms with E-state index in [2.05, 4.69) is 18.7 Å². The molecule has 0 N–H and O–H groups in total. The Morgan fingerprint density at radius 3 is 2.67 bits per heavy atom. The quantitative estimate of drug-likeness (QED) is 0.762. The van der Waals surface area contributed by atoms with E-state index in [1.165, 1.54) is 19.3 Å². The number of halogens is 1. The van der Waals surface area contributed by atoms with Crippen LogP contribution >= 0.6 is 11.6 Å². The molecule has 98 valence electrons. The summed E-state index contributed by atoms with van der Waals surface area (Å²) in [5.41, 5.74) is 2.00. The largest absolute Gasteiger partial charge is 0.369 e. The summed E-state index contributed by atoms with van der Waals surface area (Å²) >= 11 is 6.27. The summed E-state index contributed by atoms with van der Waals surface area (Å²) in [5.74, 6) is 0. The summed E-state index contributed by atoms with van der Waals surface area (Å²) in [6.07, 6.45) is 4.45. The van der Waals surface area contributed by atoms with Crippen molar-refractivity contribution in [2.24, 2.45) is 5.41 Å². The minimum absolute atomic E-state index is 0.388. The number of carbonyl (C=O) groups is 1. The second-order valence-electron chi connectivity index (χ2n) is 5.17. The van der Waals surface area contributed by atoms with Crippen LogP contribution in [0, 0.1) is 5.41 Å². The van der Waals surface area contributed by atoms with Gasteiger partial charge in [0, 0.05) is 18.7 Å².